The van der Waals surface area contributed by atoms with Gasteiger partial charge in [0.2, 0.25) is 0 Å². The van der Waals surface area contributed by atoms with E-state index in [0.29, 0.717) is 29.4 Å². The van der Waals surface area contributed by atoms with Crippen molar-refractivity contribution >= 4 is 23.2 Å². The summed E-state index contributed by atoms with van der Waals surface area (Å²) in [6.45, 7) is 3.27. The van der Waals surface area contributed by atoms with Gasteiger partial charge in [0.25, 0.3) is 11.6 Å². The highest BCUT2D eigenvalue weighted by molar-refractivity contribution is 6.31. The Morgan fingerprint density at radius 1 is 1.27 bits per heavy atom. The monoisotopic (exact) mass is 428 g/mol. The van der Waals surface area contributed by atoms with Crippen LogP contribution in [0.5, 0.6) is 5.75 Å². The minimum absolute atomic E-state index is 0.00630. The predicted molar refractivity (Wildman–Crippen MR) is 113 cm³/mol. The summed E-state index contributed by atoms with van der Waals surface area (Å²) >= 11 is 5.98. The second kappa shape index (κ2) is 9.89. The molecule has 0 aliphatic rings. The minimum atomic E-state index is -0.461. The molecule has 1 amide bonds. The van der Waals surface area contributed by atoms with Crippen molar-refractivity contribution in [3.05, 3.63) is 86.7 Å². The van der Waals surface area contributed by atoms with Gasteiger partial charge < -0.3 is 10.1 Å². The molecule has 3 aromatic rings. The second-order valence-electron chi connectivity index (χ2n) is 6.68. The van der Waals surface area contributed by atoms with Gasteiger partial charge in [0.05, 0.1) is 15.6 Å². The van der Waals surface area contributed by atoms with Crippen LogP contribution in [0, 0.1) is 17.0 Å². The van der Waals surface area contributed by atoms with Gasteiger partial charge in [0, 0.05) is 37.0 Å². The first kappa shape index (κ1) is 21.3. The second-order valence-corrected chi connectivity index (χ2v) is 7.08. The molecule has 8 nitrogen and oxygen atoms in total. The molecule has 0 aliphatic carbocycles. The molecule has 1 aromatic heterocycles. The van der Waals surface area contributed by atoms with Gasteiger partial charge in [-0.25, -0.2) is 0 Å². The van der Waals surface area contributed by atoms with E-state index >= 15 is 0 Å². The van der Waals surface area contributed by atoms with Crippen molar-refractivity contribution in [3.8, 4) is 5.75 Å². The van der Waals surface area contributed by atoms with Crippen LogP contribution in [-0.4, -0.2) is 27.2 Å². The van der Waals surface area contributed by atoms with E-state index in [1.807, 2.05) is 13.0 Å². The molecule has 1 N–H and O–H groups in total. The highest BCUT2D eigenvalue weighted by Gasteiger charge is 2.08. The lowest BCUT2D eigenvalue weighted by molar-refractivity contribution is -0.384. The van der Waals surface area contributed by atoms with Crippen molar-refractivity contribution in [2.75, 3.05) is 6.54 Å². The molecule has 30 heavy (non-hydrogen) atoms. The maximum absolute atomic E-state index is 12.4. The summed E-state index contributed by atoms with van der Waals surface area (Å²) in [5, 5.41) is 18.5. The normalized spacial score (nSPS) is 10.6. The zero-order valence-electron chi connectivity index (χ0n) is 16.4. The quantitative estimate of drug-likeness (QED) is 0.313. The molecule has 0 saturated heterocycles. The third kappa shape index (κ3) is 5.81. The fraction of sp³-hybridized carbons (Fsp3) is 0.238. The Kier molecular flexibility index (Phi) is 7.03. The molecule has 0 atom stereocenters. The van der Waals surface area contributed by atoms with Crippen molar-refractivity contribution in [3.63, 3.8) is 0 Å². The number of ether oxygens (including phenoxy) is 1. The number of aromatic nitrogens is 2. The zero-order chi connectivity index (χ0) is 21.5. The number of hydrogen-bond donors (Lipinski definition) is 1. The number of rotatable bonds is 9. The Morgan fingerprint density at radius 2 is 2.03 bits per heavy atom. The number of non-ortho nitro benzene ring substituents is 1. The Balaban J connectivity index is 1.47. The highest BCUT2D eigenvalue weighted by Crippen LogP contribution is 2.18. The number of nitro groups is 1. The molecule has 2 aromatic carbocycles. The molecule has 1 heterocycles. The number of halogens is 1. The third-order valence-electron chi connectivity index (χ3n) is 4.38. The van der Waals surface area contributed by atoms with Crippen LogP contribution in [0.15, 0.2) is 54.7 Å². The molecule has 0 fully saturated rings. The minimum Gasteiger partial charge on any atom is -0.489 e. The number of nitrogens with one attached hydrogen (secondary N) is 1. The fourth-order valence-electron chi connectivity index (χ4n) is 2.79. The molecular weight excluding hydrogens is 408 g/mol. The summed E-state index contributed by atoms with van der Waals surface area (Å²) in [4.78, 5) is 22.6. The predicted octanol–water partition coefficient (Wildman–Crippen LogP) is 4.15. The van der Waals surface area contributed by atoms with E-state index in [2.05, 4.69) is 10.4 Å². The van der Waals surface area contributed by atoms with Crippen LogP contribution in [0.4, 0.5) is 5.69 Å². The Bertz CT molecular complexity index is 1010. The number of nitrogens with zero attached hydrogens (tertiary/aromatic N) is 3. The summed E-state index contributed by atoms with van der Waals surface area (Å²) in [7, 11) is 0. The number of aryl methyl sites for hydroxylation is 2. The zero-order valence-corrected chi connectivity index (χ0v) is 17.1. The first-order chi connectivity index (χ1) is 14.4. The lowest BCUT2D eigenvalue weighted by Gasteiger charge is -2.09. The maximum atomic E-state index is 12.4. The Labute approximate surface area is 178 Å². The lowest BCUT2D eigenvalue weighted by Crippen LogP contribution is -2.25. The van der Waals surface area contributed by atoms with Crippen LogP contribution < -0.4 is 10.1 Å². The van der Waals surface area contributed by atoms with Gasteiger partial charge in [-0.3, -0.25) is 19.6 Å². The molecule has 9 heteroatoms. The van der Waals surface area contributed by atoms with E-state index in [4.69, 9.17) is 16.3 Å². The molecule has 0 bridgehead atoms. The van der Waals surface area contributed by atoms with E-state index in [1.54, 1.807) is 41.2 Å². The number of carbonyl (C=O) groups is 1. The lowest BCUT2D eigenvalue weighted by atomic mass is 10.1. The van der Waals surface area contributed by atoms with Gasteiger partial charge in [-0.1, -0.05) is 23.7 Å². The molecule has 3 rings (SSSR count). The number of nitro benzene ring substituents is 1. The first-order valence-corrected chi connectivity index (χ1v) is 9.74. The number of carbonyl (C=O) groups excluding carboxylic acids is 1. The van der Waals surface area contributed by atoms with E-state index in [1.165, 1.54) is 12.1 Å². The van der Waals surface area contributed by atoms with E-state index < -0.39 is 4.92 Å². The van der Waals surface area contributed by atoms with E-state index in [0.717, 1.165) is 17.7 Å². The molecule has 0 radical (unpaired) electrons. The average Bonchev–Trinajstić information content (AvgIpc) is 3.07. The molecule has 0 aliphatic heterocycles. The van der Waals surface area contributed by atoms with Crippen molar-refractivity contribution < 1.29 is 14.5 Å². The SMILES string of the molecule is Cc1nn(CCCNC(=O)c2cccc(COc3ccc([N+](=O)[O-])cc3)c2)cc1Cl. The van der Waals surface area contributed by atoms with Crippen LogP contribution in [0.25, 0.3) is 0 Å². The third-order valence-corrected chi connectivity index (χ3v) is 4.75. The summed E-state index contributed by atoms with van der Waals surface area (Å²) in [5.41, 5.74) is 2.15. The Morgan fingerprint density at radius 3 is 2.70 bits per heavy atom. The molecule has 0 spiro atoms. The highest BCUT2D eigenvalue weighted by atomic mass is 35.5. The molecule has 0 unspecified atom stereocenters. The standard InChI is InChI=1S/C21H21ClN4O4/c1-15-20(22)13-25(24-15)11-3-10-23-21(27)17-5-2-4-16(12-17)14-30-19-8-6-18(7-9-19)26(28)29/h2,4-9,12-13H,3,10-11,14H2,1H3,(H,23,27). The Hall–Kier alpha value is -3.39. The topological polar surface area (TPSA) is 99.3 Å². The van der Waals surface area contributed by atoms with Crippen LogP contribution in [0.2, 0.25) is 5.02 Å². The van der Waals surface area contributed by atoms with Gasteiger partial charge in [-0.05, 0) is 43.2 Å². The van der Waals surface area contributed by atoms with Gasteiger partial charge in [0.1, 0.15) is 12.4 Å². The van der Waals surface area contributed by atoms with Crippen LogP contribution in [0.1, 0.15) is 28.0 Å². The van der Waals surface area contributed by atoms with Crippen molar-refractivity contribution in [1.82, 2.24) is 15.1 Å². The summed E-state index contributed by atoms with van der Waals surface area (Å²) < 4.78 is 7.41. The van der Waals surface area contributed by atoms with E-state index in [9.17, 15) is 14.9 Å². The largest absolute Gasteiger partial charge is 0.489 e. The molecule has 0 saturated carbocycles. The van der Waals surface area contributed by atoms with Crippen LogP contribution in [-0.2, 0) is 13.2 Å². The first-order valence-electron chi connectivity index (χ1n) is 9.36. The molecular formula is C21H21ClN4O4. The maximum Gasteiger partial charge on any atom is 0.269 e. The number of benzene rings is 2. The summed E-state index contributed by atoms with van der Waals surface area (Å²) in [6, 6.07) is 13.0. The molecule has 156 valence electrons. The van der Waals surface area contributed by atoms with Crippen molar-refractivity contribution in [1.29, 1.82) is 0 Å². The van der Waals surface area contributed by atoms with Crippen molar-refractivity contribution in [2.45, 2.75) is 26.5 Å². The fourth-order valence-corrected chi connectivity index (χ4v) is 2.94. The summed E-state index contributed by atoms with van der Waals surface area (Å²) in [6.07, 6.45) is 2.50. The van der Waals surface area contributed by atoms with Crippen molar-refractivity contribution in [2.24, 2.45) is 0 Å². The smallest absolute Gasteiger partial charge is 0.269 e. The van der Waals surface area contributed by atoms with Gasteiger partial charge in [0.15, 0.2) is 0 Å². The number of amides is 1. The van der Waals surface area contributed by atoms with Gasteiger partial charge in [-0.2, -0.15) is 5.10 Å². The average molecular weight is 429 g/mol. The van der Waals surface area contributed by atoms with Gasteiger partial charge >= 0.3 is 0 Å². The summed E-state index contributed by atoms with van der Waals surface area (Å²) in [5.74, 6) is 0.353. The van der Waals surface area contributed by atoms with Crippen LogP contribution in [0.3, 0.4) is 0 Å². The van der Waals surface area contributed by atoms with Gasteiger partial charge in [-0.15, -0.1) is 0 Å². The number of hydrogen-bond acceptors (Lipinski definition) is 5. The van der Waals surface area contributed by atoms with Crippen LogP contribution >= 0.6 is 11.6 Å². The van der Waals surface area contributed by atoms with E-state index in [-0.39, 0.29) is 18.2 Å².